The smallest absolute Gasteiger partial charge is 0.191 e. The summed E-state index contributed by atoms with van der Waals surface area (Å²) < 4.78 is 1.91. The van der Waals surface area contributed by atoms with E-state index < -0.39 is 0 Å². The van der Waals surface area contributed by atoms with Gasteiger partial charge in [-0.1, -0.05) is 0 Å². The SMILES string of the molecule is CCNC(=NCc1c(C)nn(C)c1C)NCCc1ccncc1C.I. The van der Waals surface area contributed by atoms with Gasteiger partial charge in [0.1, 0.15) is 0 Å². The number of hydrogen-bond donors (Lipinski definition) is 2. The van der Waals surface area contributed by atoms with E-state index >= 15 is 0 Å². The summed E-state index contributed by atoms with van der Waals surface area (Å²) in [6.45, 7) is 10.6. The molecule has 0 unspecified atom stereocenters. The van der Waals surface area contributed by atoms with Gasteiger partial charge in [-0.25, -0.2) is 4.99 Å². The van der Waals surface area contributed by atoms with E-state index in [0.29, 0.717) is 6.54 Å². The average molecular weight is 456 g/mol. The van der Waals surface area contributed by atoms with Crippen LogP contribution < -0.4 is 10.6 Å². The van der Waals surface area contributed by atoms with E-state index in [9.17, 15) is 0 Å². The number of rotatable bonds is 6. The third-order valence-corrected chi connectivity index (χ3v) is 4.22. The summed E-state index contributed by atoms with van der Waals surface area (Å²) in [5.41, 5.74) is 5.94. The number of halogens is 1. The third-order valence-electron chi connectivity index (χ3n) is 4.22. The lowest BCUT2D eigenvalue weighted by Crippen LogP contribution is -2.38. The normalized spacial score (nSPS) is 11.2. The minimum atomic E-state index is 0. The van der Waals surface area contributed by atoms with Crippen molar-refractivity contribution in [2.45, 2.75) is 40.7 Å². The second-order valence-electron chi connectivity index (χ2n) is 5.95. The first-order chi connectivity index (χ1) is 11.5. The molecular formula is C18H29IN6. The first-order valence-electron chi connectivity index (χ1n) is 8.43. The molecule has 0 aliphatic heterocycles. The van der Waals surface area contributed by atoms with Crippen LogP contribution in [0.25, 0.3) is 0 Å². The second-order valence-corrected chi connectivity index (χ2v) is 5.95. The van der Waals surface area contributed by atoms with Crippen LogP contribution in [0.4, 0.5) is 0 Å². The lowest BCUT2D eigenvalue weighted by Gasteiger charge is -2.12. The fourth-order valence-electron chi connectivity index (χ4n) is 2.64. The number of nitrogens with one attached hydrogen (secondary N) is 2. The predicted octanol–water partition coefficient (Wildman–Crippen LogP) is 2.66. The highest BCUT2D eigenvalue weighted by Crippen LogP contribution is 2.12. The molecule has 0 fully saturated rings. The maximum atomic E-state index is 4.70. The maximum absolute atomic E-state index is 4.70. The van der Waals surface area contributed by atoms with Gasteiger partial charge in [0, 0.05) is 43.8 Å². The van der Waals surface area contributed by atoms with Gasteiger partial charge >= 0.3 is 0 Å². The highest BCUT2D eigenvalue weighted by atomic mass is 127. The lowest BCUT2D eigenvalue weighted by atomic mass is 10.1. The average Bonchev–Trinajstić information content (AvgIpc) is 2.79. The molecule has 6 nitrogen and oxygen atoms in total. The maximum Gasteiger partial charge on any atom is 0.191 e. The fourth-order valence-corrected chi connectivity index (χ4v) is 2.64. The lowest BCUT2D eigenvalue weighted by molar-refractivity contribution is 0.730. The zero-order chi connectivity index (χ0) is 17.5. The molecular weight excluding hydrogens is 427 g/mol. The van der Waals surface area contributed by atoms with E-state index in [1.807, 2.05) is 31.0 Å². The molecule has 0 aliphatic rings. The Labute approximate surface area is 167 Å². The van der Waals surface area contributed by atoms with Crippen molar-refractivity contribution in [3.63, 3.8) is 0 Å². The zero-order valence-electron chi connectivity index (χ0n) is 15.8. The molecule has 2 rings (SSSR count). The molecule has 2 aromatic rings. The van der Waals surface area contributed by atoms with Crippen LogP contribution in [0.2, 0.25) is 0 Å². The van der Waals surface area contributed by atoms with Gasteiger partial charge in [-0.05, 0) is 51.3 Å². The number of pyridine rings is 1. The Morgan fingerprint density at radius 2 is 2.00 bits per heavy atom. The summed E-state index contributed by atoms with van der Waals surface area (Å²) >= 11 is 0. The molecule has 2 aromatic heterocycles. The van der Waals surface area contributed by atoms with Gasteiger partial charge in [-0.15, -0.1) is 24.0 Å². The number of nitrogens with zero attached hydrogens (tertiary/aromatic N) is 4. The number of aryl methyl sites for hydroxylation is 3. The molecule has 0 atom stereocenters. The van der Waals surface area contributed by atoms with Crippen LogP contribution in [0.3, 0.4) is 0 Å². The van der Waals surface area contributed by atoms with E-state index in [1.165, 1.54) is 22.4 Å². The van der Waals surface area contributed by atoms with Crippen molar-refractivity contribution < 1.29 is 0 Å². The Kier molecular flexibility index (Phi) is 8.88. The summed E-state index contributed by atoms with van der Waals surface area (Å²) in [5.74, 6) is 0.840. The van der Waals surface area contributed by atoms with E-state index in [-0.39, 0.29) is 24.0 Å². The monoisotopic (exact) mass is 456 g/mol. The van der Waals surface area contributed by atoms with Gasteiger partial charge in [0.2, 0.25) is 0 Å². The summed E-state index contributed by atoms with van der Waals surface area (Å²) in [5, 5.41) is 11.1. The van der Waals surface area contributed by atoms with E-state index in [4.69, 9.17) is 4.99 Å². The van der Waals surface area contributed by atoms with Crippen molar-refractivity contribution in [2.24, 2.45) is 12.0 Å². The van der Waals surface area contributed by atoms with Crippen molar-refractivity contribution >= 4 is 29.9 Å². The van der Waals surface area contributed by atoms with Crippen LogP contribution in [-0.4, -0.2) is 33.8 Å². The molecule has 138 valence electrons. The molecule has 7 heteroatoms. The molecule has 0 amide bonds. The van der Waals surface area contributed by atoms with Gasteiger partial charge in [0.05, 0.1) is 12.2 Å². The van der Waals surface area contributed by atoms with Crippen molar-refractivity contribution in [2.75, 3.05) is 13.1 Å². The van der Waals surface area contributed by atoms with Crippen molar-refractivity contribution in [3.8, 4) is 0 Å². The number of hydrogen-bond acceptors (Lipinski definition) is 3. The summed E-state index contributed by atoms with van der Waals surface area (Å²) in [6, 6.07) is 2.07. The van der Waals surface area contributed by atoms with Gasteiger partial charge in [-0.3, -0.25) is 9.67 Å². The van der Waals surface area contributed by atoms with Gasteiger partial charge in [0.25, 0.3) is 0 Å². The van der Waals surface area contributed by atoms with Crippen LogP contribution in [0.15, 0.2) is 23.5 Å². The number of aliphatic imine (C=N–C) groups is 1. The highest BCUT2D eigenvalue weighted by Gasteiger charge is 2.09. The Bertz CT molecular complexity index is 708. The molecule has 2 heterocycles. The first kappa shape index (κ1) is 21.4. The molecule has 0 radical (unpaired) electrons. The minimum Gasteiger partial charge on any atom is -0.357 e. The van der Waals surface area contributed by atoms with Crippen LogP contribution >= 0.6 is 24.0 Å². The molecule has 0 bridgehead atoms. The van der Waals surface area contributed by atoms with Crippen molar-refractivity contribution in [1.29, 1.82) is 0 Å². The number of guanidine groups is 1. The molecule has 2 N–H and O–H groups in total. The first-order valence-corrected chi connectivity index (χ1v) is 8.43. The Balaban J connectivity index is 0.00000312. The van der Waals surface area contributed by atoms with Crippen LogP contribution in [-0.2, 0) is 20.0 Å². The molecule has 0 aliphatic carbocycles. The van der Waals surface area contributed by atoms with Gasteiger partial charge < -0.3 is 10.6 Å². The third kappa shape index (κ3) is 5.98. The van der Waals surface area contributed by atoms with Crippen LogP contribution in [0, 0.1) is 20.8 Å². The van der Waals surface area contributed by atoms with Crippen LogP contribution in [0.1, 0.15) is 35.0 Å². The van der Waals surface area contributed by atoms with E-state index in [0.717, 1.165) is 31.2 Å². The molecule has 25 heavy (non-hydrogen) atoms. The molecule has 0 saturated heterocycles. The Hall–Kier alpha value is -1.64. The Morgan fingerprint density at radius 1 is 1.24 bits per heavy atom. The topological polar surface area (TPSA) is 67.1 Å². The summed E-state index contributed by atoms with van der Waals surface area (Å²) in [7, 11) is 1.97. The summed E-state index contributed by atoms with van der Waals surface area (Å²) in [4.78, 5) is 8.84. The molecule has 0 spiro atoms. The van der Waals surface area contributed by atoms with E-state index in [2.05, 4.69) is 47.6 Å². The zero-order valence-corrected chi connectivity index (χ0v) is 18.1. The second kappa shape index (κ2) is 10.4. The Morgan fingerprint density at radius 3 is 2.60 bits per heavy atom. The summed E-state index contributed by atoms with van der Waals surface area (Å²) in [6.07, 6.45) is 4.70. The largest absolute Gasteiger partial charge is 0.357 e. The highest BCUT2D eigenvalue weighted by molar-refractivity contribution is 14.0. The standard InChI is InChI=1S/C18H28N6.HI/c1-6-20-18(21-10-8-16-7-9-19-11-13(16)2)22-12-17-14(3)23-24(5)15(17)4;/h7,9,11H,6,8,10,12H2,1-5H3,(H2,20,21,22);1H. The van der Waals surface area contributed by atoms with Crippen LogP contribution in [0.5, 0.6) is 0 Å². The van der Waals surface area contributed by atoms with Crippen molar-refractivity contribution in [1.82, 2.24) is 25.4 Å². The predicted molar refractivity (Wildman–Crippen MR) is 114 cm³/mol. The van der Waals surface area contributed by atoms with E-state index in [1.54, 1.807) is 0 Å². The van der Waals surface area contributed by atoms with Gasteiger partial charge in [0.15, 0.2) is 5.96 Å². The molecule has 0 aromatic carbocycles. The fraction of sp³-hybridized carbons (Fsp3) is 0.500. The number of aromatic nitrogens is 3. The quantitative estimate of drug-likeness (QED) is 0.399. The minimum absolute atomic E-state index is 0. The van der Waals surface area contributed by atoms with Gasteiger partial charge in [-0.2, -0.15) is 5.10 Å². The van der Waals surface area contributed by atoms with Crippen molar-refractivity contribution in [3.05, 3.63) is 46.5 Å². The molecule has 0 saturated carbocycles.